The monoisotopic (exact) mass is 1010 g/mol. The Morgan fingerprint density at radius 3 is 1.90 bits per heavy atom. The van der Waals surface area contributed by atoms with Crippen molar-refractivity contribution in [2.24, 2.45) is 0 Å². The number of phenolic OH excluding ortho intramolecular Hbond substituents is 5. The third kappa shape index (κ3) is 6.61. The molecule has 10 aromatic carbocycles. The summed E-state index contributed by atoms with van der Waals surface area (Å²) in [5.74, 6) is -4.62. The summed E-state index contributed by atoms with van der Waals surface area (Å²) >= 11 is 0. The summed E-state index contributed by atoms with van der Waals surface area (Å²) in [5, 5.41) is 59.8. The second-order valence-electron chi connectivity index (χ2n) is 22.0. The van der Waals surface area contributed by atoms with E-state index in [0.29, 0.717) is 11.4 Å². The zero-order chi connectivity index (χ0) is 52.8. The topological polar surface area (TPSA) is 124 Å². The molecule has 374 valence electrons. The molecular formula is C67H52BN3O6. The van der Waals surface area contributed by atoms with Gasteiger partial charge in [-0.1, -0.05) is 156 Å². The maximum atomic E-state index is 12.1. The number of rotatable bonds is 6. The minimum absolute atomic E-state index is 0.264. The normalized spacial score (nSPS) is 13.8. The Morgan fingerprint density at radius 1 is 0.481 bits per heavy atom. The van der Waals surface area contributed by atoms with E-state index in [1.54, 1.807) is 4.90 Å². The molecule has 0 bridgehead atoms. The van der Waals surface area contributed by atoms with Crippen molar-refractivity contribution < 1.29 is 29.9 Å². The van der Waals surface area contributed by atoms with Gasteiger partial charge in [-0.3, -0.25) is 0 Å². The van der Waals surface area contributed by atoms with Gasteiger partial charge in [0.15, 0.2) is 11.5 Å². The van der Waals surface area contributed by atoms with Gasteiger partial charge in [0.25, 0.3) is 6.71 Å². The first-order valence-electron chi connectivity index (χ1n) is 26.0. The van der Waals surface area contributed by atoms with Crippen molar-refractivity contribution in [2.75, 3.05) is 14.7 Å². The second kappa shape index (κ2) is 16.5. The molecule has 0 saturated carbocycles. The van der Waals surface area contributed by atoms with Crippen LogP contribution in [0, 0.1) is 0 Å². The van der Waals surface area contributed by atoms with Gasteiger partial charge in [0.1, 0.15) is 16.9 Å². The summed E-state index contributed by atoms with van der Waals surface area (Å²) in [6.07, 6.45) is 0. The Bertz CT molecular complexity index is 4260. The summed E-state index contributed by atoms with van der Waals surface area (Å²) in [4.78, 5) is 6.41. The van der Waals surface area contributed by atoms with E-state index in [9.17, 15) is 25.5 Å². The molecule has 14 rings (SSSR count). The molecule has 0 unspecified atom stereocenters. The molecule has 5 N–H and O–H groups in total. The predicted octanol–water partition coefficient (Wildman–Crippen LogP) is 14.9. The average molecular weight is 1010 g/mol. The van der Waals surface area contributed by atoms with Crippen molar-refractivity contribution in [1.82, 2.24) is 0 Å². The minimum atomic E-state index is -1.04. The summed E-state index contributed by atoms with van der Waals surface area (Å²) in [6.45, 7) is 10.7. The Hall–Kier alpha value is -9.54. The van der Waals surface area contributed by atoms with Crippen LogP contribution in [0.3, 0.4) is 0 Å². The third-order valence-corrected chi connectivity index (χ3v) is 16.3. The van der Waals surface area contributed by atoms with E-state index >= 15 is 0 Å². The molecule has 2 aliphatic heterocycles. The summed E-state index contributed by atoms with van der Waals surface area (Å²) in [7, 11) is 0. The molecule has 1 aliphatic carbocycles. The lowest BCUT2D eigenvalue weighted by Crippen LogP contribution is -2.61. The highest BCUT2D eigenvalue weighted by molar-refractivity contribution is 7.00. The number of hydrogen-bond donors (Lipinski definition) is 5. The Balaban J connectivity index is 1.07. The fourth-order valence-electron chi connectivity index (χ4n) is 12.6. The van der Waals surface area contributed by atoms with E-state index in [1.807, 2.05) is 66.7 Å². The van der Waals surface area contributed by atoms with Crippen LogP contribution >= 0.6 is 0 Å². The Labute approximate surface area is 446 Å². The lowest BCUT2D eigenvalue weighted by Gasteiger charge is -2.44. The Morgan fingerprint density at radius 2 is 1.10 bits per heavy atom. The standard InChI is InChI=1S/C67H52BN3O6/c1-66(2,3)39-29-33-50(44(35-39)38-17-7-6-8-18-38)70(60-61(72)63(74)65(76)64(75)62(60)73)41-30-32-49-55(37-41)71(52-25-15-22-47-58(52)43-20-9-11-21-46(43)67(47,4)5)54-27-16-26-53-59(54)68(49)48-23-12-13-24-51(48)69(53)40-31-34-57-45(36-40)42-19-10-14-28-56(42)77-57/h6-37,72-76H,1-5H3. The highest BCUT2D eigenvalue weighted by atomic mass is 16.4. The van der Waals surface area contributed by atoms with Crippen LogP contribution in [0.2, 0.25) is 0 Å². The lowest BCUT2D eigenvalue weighted by molar-refractivity contribution is 0.329. The van der Waals surface area contributed by atoms with Gasteiger partial charge < -0.3 is 44.6 Å². The number of nitrogens with zero attached hydrogens (tertiary/aromatic N) is 3. The molecule has 0 radical (unpaired) electrons. The number of aromatic hydroxyl groups is 5. The van der Waals surface area contributed by atoms with E-state index in [4.69, 9.17) is 4.42 Å². The molecule has 11 aromatic rings. The zero-order valence-electron chi connectivity index (χ0n) is 43.0. The van der Waals surface area contributed by atoms with Gasteiger partial charge in [0.2, 0.25) is 17.2 Å². The molecule has 0 amide bonds. The van der Waals surface area contributed by atoms with Crippen LogP contribution in [0.5, 0.6) is 28.7 Å². The molecule has 0 atom stereocenters. The van der Waals surface area contributed by atoms with Crippen LogP contribution in [0.25, 0.3) is 44.2 Å². The smallest absolute Gasteiger partial charge is 0.252 e. The minimum Gasteiger partial charge on any atom is -0.503 e. The number of benzene rings is 10. The van der Waals surface area contributed by atoms with Crippen molar-refractivity contribution in [3.8, 4) is 51.0 Å². The molecule has 3 aliphatic rings. The fraction of sp³-hybridized carbons (Fsp3) is 0.104. The van der Waals surface area contributed by atoms with Gasteiger partial charge in [-0.2, -0.15) is 0 Å². The van der Waals surface area contributed by atoms with Crippen molar-refractivity contribution >= 4 is 96.2 Å². The largest absolute Gasteiger partial charge is 0.503 e. The van der Waals surface area contributed by atoms with Crippen molar-refractivity contribution in [2.45, 2.75) is 45.4 Å². The molecular weight excluding hydrogens is 954 g/mol. The molecule has 0 fully saturated rings. The summed E-state index contributed by atoms with van der Waals surface area (Å²) in [5.41, 5.74) is 18.2. The maximum Gasteiger partial charge on any atom is 0.252 e. The first kappa shape index (κ1) is 46.0. The average Bonchev–Trinajstić information content (AvgIpc) is 4.11. The van der Waals surface area contributed by atoms with E-state index < -0.39 is 28.7 Å². The van der Waals surface area contributed by atoms with E-state index in [2.05, 4.69) is 172 Å². The van der Waals surface area contributed by atoms with Crippen LogP contribution in [-0.4, -0.2) is 32.2 Å². The van der Waals surface area contributed by atoms with Gasteiger partial charge >= 0.3 is 0 Å². The number of hydrogen-bond acceptors (Lipinski definition) is 9. The first-order valence-corrected chi connectivity index (χ1v) is 26.0. The summed E-state index contributed by atoms with van der Waals surface area (Å²) in [6, 6.07) is 67.1. The van der Waals surface area contributed by atoms with Gasteiger partial charge in [-0.15, -0.1) is 0 Å². The Kier molecular flexibility index (Phi) is 9.85. The van der Waals surface area contributed by atoms with Crippen LogP contribution < -0.4 is 31.1 Å². The van der Waals surface area contributed by atoms with Crippen LogP contribution in [-0.2, 0) is 10.8 Å². The number of furan rings is 1. The summed E-state index contributed by atoms with van der Waals surface area (Å²) < 4.78 is 6.34. The van der Waals surface area contributed by atoms with Gasteiger partial charge in [0, 0.05) is 61.4 Å². The molecule has 10 heteroatoms. The zero-order valence-corrected chi connectivity index (χ0v) is 43.0. The first-order chi connectivity index (χ1) is 37.2. The molecule has 0 saturated heterocycles. The van der Waals surface area contributed by atoms with Crippen molar-refractivity contribution in [1.29, 1.82) is 0 Å². The van der Waals surface area contributed by atoms with Gasteiger partial charge in [0.05, 0.1) is 11.4 Å². The van der Waals surface area contributed by atoms with Crippen molar-refractivity contribution in [3.63, 3.8) is 0 Å². The molecule has 9 nitrogen and oxygen atoms in total. The quantitative estimate of drug-likeness (QED) is 0.0629. The fourth-order valence-corrected chi connectivity index (χ4v) is 12.6. The number of anilines is 9. The van der Waals surface area contributed by atoms with Crippen LogP contribution in [0.1, 0.15) is 51.3 Å². The number of phenols is 5. The molecule has 1 aromatic heterocycles. The molecule has 3 heterocycles. The van der Waals surface area contributed by atoms with Crippen LogP contribution in [0.15, 0.2) is 199 Å². The van der Waals surface area contributed by atoms with Crippen molar-refractivity contribution in [3.05, 3.63) is 211 Å². The van der Waals surface area contributed by atoms with E-state index in [0.717, 1.165) is 100 Å². The van der Waals surface area contributed by atoms with Crippen LogP contribution in [0.4, 0.5) is 51.2 Å². The number of fused-ring (bicyclic) bond motifs is 10. The molecule has 77 heavy (non-hydrogen) atoms. The lowest BCUT2D eigenvalue weighted by atomic mass is 9.33. The second-order valence-corrected chi connectivity index (χ2v) is 22.0. The highest BCUT2D eigenvalue weighted by Crippen LogP contribution is 2.60. The van der Waals surface area contributed by atoms with E-state index in [1.165, 1.54) is 11.1 Å². The maximum absolute atomic E-state index is 12.1. The molecule has 0 spiro atoms. The van der Waals surface area contributed by atoms with E-state index in [-0.39, 0.29) is 23.2 Å². The number of para-hydroxylation sites is 2. The van der Waals surface area contributed by atoms with Gasteiger partial charge in [-0.05, 0) is 122 Å². The SMILES string of the molecule is CC(C)(C)c1ccc(N(c2ccc3c(c2)N(c2cccc4c2-c2ccccc2C4(C)C)c2cccc4c2B3c2ccccc2N4c2ccc3oc4ccccc4c3c2)c2c(O)c(O)c(O)c(O)c2O)c(-c2ccccc2)c1. The highest BCUT2D eigenvalue weighted by Gasteiger charge is 2.46. The third-order valence-electron chi connectivity index (χ3n) is 16.3. The predicted molar refractivity (Wildman–Crippen MR) is 312 cm³/mol. The van der Waals surface area contributed by atoms with Gasteiger partial charge in [-0.25, -0.2) is 0 Å².